The van der Waals surface area contributed by atoms with Crippen molar-refractivity contribution in [1.29, 1.82) is 0 Å². The number of rotatable bonds is 10. The summed E-state index contributed by atoms with van der Waals surface area (Å²) in [6.07, 6.45) is 4.73. The van der Waals surface area contributed by atoms with Crippen molar-refractivity contribution in [2.45, 2.75) is 44.4 Å². The Hall–Kier alpha value is -1.16. The molecule has 1 aliphatic carbocycles. The molecule has 0 spiro atoms. The van der Waals surface area contributed by atoms with Crippen molar-refractivity contribution in [2.75, 3.05) is 40.4 Å². The Balaban J connectivity index is 1.75. The predicted molar refractivity (Wildman–Crippen MR) is 111 cm³/mol. The van der Waals surface area contributed by atoms with Gasteiger partial charge in [0.05, 0.1) is 4.90 Å². The van der Waals surface area contributed by atoms with E-state index in [1.165, 1.54) is 30.6 Å². The molecule has 0 aliphatic heterocycles. The number of aryl methyl sites for hydroxylation is 2. The molecule has 0 bridgehead atoms. The SMILES string of the molecule is CN=C(NCCNS(=O)(=O)c1cc(C)sc1C)NCC1(CCOC)CCC1. The summed E-state index contributed by atoms with van der Waals surface area (Å²) in [6, 6.07) is 1.72. The number of ether oxygens (including phenoxy) is 1. The molecule has 9 heteroatoms. The standard InChI is InChI=1S/C18H32N4O3S2/c1-14-12-16(15(2)26-14)27(23,24)22-10-9-20-17(19-3)21-13-18(6-5-7-18)8-11-25-4/h12,22H,5-11,13H2,1-4H3,(H2,19,20,21). The third-order valence-electron chi connectivity index (χ3n) is 5.10. The van der Waals surface area contributed by atoms with Gasteiger partial charge in [0.2, 0.25) is 10.0 Å². The zero-order chi connectivity index (χ0) is 19.9. The Morgan fingerprint density at radius 3 is 2.56 bits per heavy atom. The number of thiophene rings is 1. The van der Waals surface area contributed by atoms with E-state index in [0.717, 1.165) is 29.3 Å². The number of methoxy groups -OCH3 is 1. The first-order chi connectivity index (χ1) is 12.8. The van der Waals surface area contributed by atoms with Gasteiger partial charge >= 0.3 is 0 Å². The van der Waals surface area contributed by atoms with Gasteiger partial charge < -0.3 is 15.4 Å². The van der Waals surface area contributed by atoms with Gasteiger partial charge in [0.1, 0.15) is 0 Å². The van der Waals surface area contributed by atoms with Gasteiger partial charge in [-0.2, -0.15) is 0 Å². The first-order valence-corrected chi connectivity index (χ1v) is 11.6. The van der Waals surface area contributed by atoms with Gasteiger partial charge in [0.25, 0.3) is 0 Å². The average Bonchev–Trinajstić information content (AvgIpc) is 2.94. The Morgan fingerprint density at radius 2 is 2.04 bits per heavy atom. The van der Waals surface area contributed by atoms with Crippen LogP contribution >= 0.6 is 11.3 Å². The third-order valence-corrected chi connectivity index (χ3v) is 7.78. The lowest BCUT2D eigenvalue weighted by molar-refractivity contribution is 0.0732. The Kier molecular flexibility index (Phi) is 8.08. The van der Waals surface area contributed by atoms with Crippen LogP contribution in [0.5, 0.6) is 0 Å². The molecule has 1 aromatic heterocycles. The zero-order valence-corrected chi connectivity index (χ0v) is 18.4. The molecule has 7 nitrogen and oxygen atoms in total. The summed E-state index contributed by atoms with van der Waals surface area (Å²) < 4.78 is 32.7. The van der Waals surface area contributed by atoms with E-state index < -0.39 is 10.0 Å². The first-order valence-electron chi connectivity index (χ1n) is 9.32. The summed E-state index contributed by atoms with van der Waals surface area (Å²) in [5, 5.41) is 6.54. The summed E-state index contributed by atoms with van der Waals surface area (Å²) in [7, 11) is -0.0110. The maximum atomic E-state index is 12.4. The third kappa shape index (κ3) is 6.17. The normalized spacial score (nSPS) is 16.8. The smallest absolute Gasteiger partial charge is 0.241 e. The van der Waals surface area contributed by atoms with Crippen LogP contribution in [0.3, 0.4) is 0 Å². The predicted octanol–water partition coefficient (Wildman–Crippen LogP) is 2.02. The summed E-state index contributed by atoms with van der Waals surface area (Å²) in [5.74, 6) is 0.695. The van der Waals surface area contributed by atoms with Gasteiger partial charge in [-0.1, -0.05) is 6.42 Å². The fraction of sp³-hybridized carbons (Fsp3) is 0.722. The fourth-order valence-corrected chi connectivity index (χ4v) is 5.91. The minimum absolute atomic E-state index is 0.295. The molecule has 0 saturated heterocycles. The first kappa shape index (κ1) is 22.1. The molecule has 0 aromatic carbocycles. The molecule has 0 unspecified atom stereocenters. The Bertz CT molecular complexity index is 740. The quantitative estimate of drug-likeness (QED) is 0.308. The number of sulfonamides is 1. The molecule has 1 heterocycles. The highest BCUT2D eigenvalue weighted by molar-refractivity contribution is 7.89. The molecule has 154 valence electrons. The lowest BCUT2D eigenvalue weighted by atomic mass is 9.67. The molecule has 1 aromatic rings. The van der Waals surface area contributed by atoms with E-state index in [2.05, 4.69) is 20.3 Å². The van der Waals surface area contributed by atoms with E-state index >= 15 is 0 Å². The molecule has 0 atom stereocenters. The van der Waals surface area contributed by atoms with Crippen molar-refractivity contribution in [1.82, 2.24) is 15.4 Å². The van der Waals surface area contributed by atoms with Crippen molar-refractivity contribution in [2.24, 2.45) is 10.4 Å². The molecule has 2 rings (SSSR count). The molecule has 27 heavy (non-hydrogen) atoms. The highest BCUT2D eigenvalue weighted by Crippen LogP contribution is 2.43. The van der Waals surface area contributed by atoms with Crippen LogP contribution in [0.1, 0.15) is 35.4 Å². The van der Waals surface area contributed by atoms with Crippen LogP contribution in [0, 0.1) is 19.3 Å². The monoisotopic (exact) mass is 416 g/mol. The van der Waals surface area contributed by atoms with Gasteiger partial charge in [-0.3, -0.25) is 4.99 Å². The largest absolute Gasteiger partial charge is 0.385 e. The van der Waals surface area contributed by atoms with Crippen molar-refractivity contribution >= 4 is 27.3 Å². The van der Waals surface area contributed by atoms with E-state index in [-0.39, 0.29) is 0 Å². The van der Waals surface area contributed by atoms with E-state index in [1.54, 1.807) is 20.2 Å². The van der Waals surface area contributed by atoms with Crippen LogP contribution in [0.15, 0.2) is 16.0 Å². The van der Waals surface area contributed by atoms with Crippen molar-refractivity contribution in [3.8, 4) is 0 Å². The summed E-state index contributed by atoms with van der Waals surface area (Å²) >= 11 is 1.49. The van der Waals surface area contributed by atoms with E-state index in [9.17, 15) is 8.42 Å². The minimum Gasteiger partial charge on any atom is -0.385 e. The lowest BCUT2D eigenvalue weighted by Crippen LogP contribution is -2.48. The van der Waals surface area contributed by atoms with E-state index in [1.807, 2.05) is 13.8 Å². The van der Waals surface area contributed by atoms with Crippen molar-refractivity contribution in [3.05, 3.63) is 15.8 Å². The second-order valence-corrected chi connectivity index (χ2v) is 10.3. The van der Waals surface area contributed by atoms with Crippen molar-refractivity contribution in [3.63, 3.8) is 0 Å². The number of guanidine groups is 1. The lowest BCUT2D eigenvalue weighted by Gasteiger charge is -2.42. The van der Waals surface area contributed by atoms with E-state index in [4.69, 9.17) is 4.74 Å². The van der Waals surface area contributed by atoms with Gasteiger partial charge in [-0.15, -0.1) is 11.3 Å². The summed E-state index contributed by atoms with van der Waals surface area (Å²) in [5.41, 5.74) is 0.295. The summed E-state index contributed by atoms with van der Waals surface area (Å²) in [4.78, 5) is 6.41. The molecular weight excluding hydrogens is 384 g/mol. The fourth-order valence-electron chi connectivity index (χ4n) is 3.32. The maximum absolute atomic E-state index is 12.4. The number of aliphatic imine (C=N–C) groups is 1. The second-order valence-electron chi connectivity index (χ2n) is 7.12. The number of hydrogen-bond donors (Lipinski definition) is 3. The highest BCUT2D eigenvalue weighted by atomic mass is 32.2. The van der Waals surface area contributed by atoms with Gasteiger partial charge in [-0.25, -0.2) is 13.1 Å². The van der Waals surface area contributed by atoms with E-state index in [0.29, 0.717) is 29.4 Å². The Labute approximate surface area is 167 Å². The van der Waals surface area contributed by atoms with Gasteiger partial charge in [-0.05, 0) is 44.6 Å². The maximum Gasteiger partial charge on any atom is 0.241 e. The second kappa shape index (κ2) is 9.86. The van der Waals surface area contributed by atoms with Gasteiger partial charge in [0.15, 0.2) is 5.96 Å². The summed E-state index contributed by atoms with van der Waals surface area (Å²) in [6.45, 7) is 6.13. The van der Waals surface area contributed by atoms with Gasteiger partial charge in [0, 0.05) is 50.2 Å². The topological polar surface area (TPSA) is 91.8 Å². The molecular formula is C18H32N4O3S2. The minimum atomic E-state index is -3.47. The van der Waals surface area contributed by atoms with Crippen LogP contribution in [0.25, 0.3) is 0 Å². The molecule has 0 amide bonds. The van der Waals surface area contributed by atoms with Crippen LogP contribution < -0.4 is 15.4 Å². The number of nitrogens with zero attached hydrogens (tertiary/aromatic N) is 1. The number of nitrogens with one attached hydrogen (secondary N) is 3. The van der Waals surface area contributed by atoms with Crippen LogP contribution in [-0.4, -0.2) is 54.8 Å². The highest BCUT2D eigenvalue weighted by Gasteiger charge is 2.36. The van der Waals surface area contributed by atoms with Crippen LogP contribution in [0.2, 0.25) is 0 Å². The van der Waals surface area contributed by atoms with Crippen LogP contribution in [-0.2, 0) is 14.8 Å². The zero-order valence-electron chi connectivity index (χ0n) is 16.7. The Morgan fingerprint density at radius 1 is 1.30 bits per heavy atom. The molecule has 1 saturated carbocycles. The molecule has 1 fully saturated rings. The molecule has 1 aliphatic rings. The number of hydrogen-bond acceptors (Lipinski definition) is 5. The van der Waals surface area contributed by atoms with Crippen molar-refractivity contribution < 1.29 is 13.2 Å². The molecule has 0 radical (unpaired) electrons. The van der Waals surface area contributed by atoms with Crippen LogP contribution in [0.4, 0.5) is 0 Å². The molecule has 3 N–H and O–H groups in total. The average molecular weight is 417 g/mol.